The molecule has 0 aliphatic carbocycles. The first-order valence-corrected chi connectivity index (χ1v) is 10.1. The van der Waals surface area contributed by atoms with Crippen LogP contribution in [0.3, 0.4) is 0 Å². The third-order valence-electron chi connectivity index (χ3n) is 4.93. The Hall–Kier alpha value is -4.91. The summed E-state index contributed by atoms with van der Waals surface area (Å²) in [5, 5.41) is 15.5. The number of aromatic nitrogens is 3. The van der Waals surface area contributed by atoms with Gasteiger partial charge in [-0.1, -0.05) is 5.16 Å². The molecule has 0 atom stereocenters. The molecule has 170 valence electrons. The highest BCUT2D eigenvalue weighted by atomic mass is 16.5. The lowest BCUT2D eigenvalue weighted by Crippen LogP contribution is -2.28. The molecule has 0 saturated heterocycles. The number of nitrogens with zero attached hydrogens (tertiary/aromatic N) is 4. The first-order valence-electron chi connectivity index (χ1n) is 10.1. The van der Waals surface area contributed by atoms with Crippen molar-refractivity contribution in [1.29, 1.82) is 5.26 Å². The summed E-state index contributed by atoms with van der Waals surface area (Å²) in [6, 6.07) is 16.7. The Balaban J connectivity index is 1.54. The van der Waals surface area contributed by atoms with Crippen molar-refractivity contribution in [2.45, 2.75) is 6.54 Å². The van der Waals surface area contributed by atoms with Gasteiger partial charge in [0, 0.05) is 17.4 Å². The number of ether oxygens (including phenoxy) is 2. The number of hydrogen-bond donors (Lipinski definition) is 1. The van der Waals surface area contributed by atoms with Gasteiger partial charge in [0.1, 0.15) is 12.1 Å². The lowest BCUT2D eigenvalue weighted by atomic mass is 10.2. The van der Waals surface area contributed by atoms with E-state index in [0.29, 0.717) is 28.3 Å². The van der Waals surface area contributed by atoms with Gasteiger partial charge in [0.25, 0.3) is 11.4 Å². The molecule has 2 heterocycles. The molecular formula is C24H19N5O5. The highest BCUT2D eigenvalue weighted by Gasteiger charge is 2.17. The van der Waals surface area contributed by atoms with Crippen molar-refractivity contribution in [2.24, 2.45) is 0 Å². The van der Waals surface area contributed by atoms with Gasteiger partial charge in [-0.25, -0.2) is 0 Å². The monoisotopic (exact) mass is 457 g/mol. The molecule has 34 heavy (non-hydrogen) atoms. The second kappa shape index (κ2) is 9.70. The van der Waals surface area contributed by atoms with E-state index in [4.69, 9.17) is 19.3 Å². The van der Waals surface area contributed by atoms with Crippen LogP contribution >= 0.6 is 0 Å². The second-order valence-corrected chi connectivity index (χ2v) is 7.09. The zero-order valence-electron chi connectivity index (χ0n) is 18.3. The van der Waals surface area contributed by atoms with E-state index in [9.17, 15) is 9.59 Å². The third kappa shape index (κ3) is 4.63. The van der Waals surface area contributed by atoms with Crippen molar-refractivity contribution in [3.8, 4) is 40.4 Å². The summed E-state index contributed by atoms with van der Waals surface area (Å²) >= 11 is 0. The molecule has 0 aliphatic rings. The predicted molar refractivity (Wildman–Crippen MR) is 122 cm³/mol. The molecule has 2 aromatic heterocycles. The molecule has 10 nitrogen and oxygen atoms in total. The fraction of sp³-hybridized carbons (Fsp3) is 0.125. The van der Waals surface area contributed by atoms with Gasteiger partial charge >= 0.3 is 0 Å². The van der Waals surface area contributed by atoms with Gasteiger partial charge < -0.3 is 23.9 Å². The Bertz CT molecular complexity index is 1430. The minimum atomic E-state index is -0.458. The number of carbonyl (C=O) groups is 1. The summed E-state index contributed by atoms with van der Waals surface area (Å²) in [6.07, 6.45) is 1.50. The van der Waals surface area contributed by atoms with E-state index in [-0.39, 0.29) is 23.8 Å². The Kier molecular flexibility index (Phi) is 6.36. The van der Waals surface area contributed by atoms with E-state index in [1.165, 1.54) is 25.0 Å². The van der Waals surface area contributed by atoms with Crippen LogP contribution in [0.15, 0.2) is 70.1 Å². The van der Waals surface area contributed by atoms with E-state index in [0.717, 1.165) is 0 Å². The molecule has 0 aliphatic heterocycles. The number of rotatable bonds is 7. The molecule has 0 unspecified atom stereocenters. The zero-order valence-corrected chi connectivity index (χ0v) is 18.3. The first kappa shape index (κ1) is 22.3. The normalized spacial score (nSPS) is 10.4. The number of methoxy groups -OCH3 is 2. The van der Waals surface area contributed by atoms with Gasteiger partial charge in [-0.05, 0) is 54.6 Å². The third-order valence-corrected chi connectivity index (χ3v) is 4.93. The molecule has 1 N–H and O–H groups in total. The van der Waals surface area contributed by atoms with Crippen molar-refractivity contribution in [1.82, 2.24) is 14.7 Å². The van der Waals surface area contributed by atoms with E-state index < -0.39 is 11.5 Å². The van der Waals surface area contributed by atoms with Gasteiger partial charge in [0.2, 0.25) is 11.7 Å². The van der Waals surface area contributed by atoms with Crippen molar-refractivity contribution in [3.05, 3.63) is 76.7 Å². The lowest BCUT2D eigenvalue weighted by Gasteiger charge is -2.08. The molecule has 10 heteroatoms. The van der Waals surface area contributed by atoms with Gasteiger partial charge in [0.05, 0.1) is 25.9 Å². The van der Waals surface area contributed by atoms with Crippen LogP contribution in [0, 0.1) is 11.3 Å². The molecule has 1 amide bonds. The van der Waals surface area contributed by atoms with Crippen LogP contribution in [0.1, 0.15) is 5.56 Å². The van der Waals surface area contributed by atoms with Gasteiger partial charge in [-0.15, -0.1) is 0 Å². The topological polar surface area (TPSA) is 132 Å². The fourth-order valence-electron chi connectivity index (χ4n) is 3.23. The number of carbonyl (C=O) groups excluding carboxylic acids is 1. The Labute approximate surface area is 194 Å². The maximum absolute atomic E-state index is 13.0. The van der Waals surface area contributed by atoms with Crippen LogP contribution in [0.2, 0.25) is 0 Å². The average Bonchev–Trinajstić information content (AvgIpc) is 3.35. The van der Waals surface area contributed by atoms with Gasteiger partial charge in [-0.2, -0.15) is 10.2 Å². The van der Waals surface area contributed by atoms with E-state index in [2.05, 4.69) is 15.5 Å². The summed E-state index contributed by atoms with van der Waals surface area (Å²) < 4.78 is 17.1. The SMILES string of the molecule is COc1ccc(-c2noc(-c3cccn(CC(=O)Nc4ccc(C#N)cc4)c3=O)n2)cc1OC. The number of nitriles is 1. The summed E-state index contributed by atoms with van der Waals surface area (Å²) in [4.78, 5) is 29.7. The molecular weight excluding hydrogens is 438 g/mol. The van der Waals surface area contributed by atoms with E-state index in [1.807, 2.05) is 6.07 Å². The molecule has 4 rings (SSSR count). The van der Waals surface area contributed by atoms with Crippen molar-refractivity contribution in [2.75, 3.05) is 19.5 Å². The molecule has 4 aromatic rings. The summed E-state index contributed by atoms with van der Waals surface area (Å²) in [6.45, 7) is -0.219. The minimum Gasteiger partial charge on any atom is -0.493 e. The molecule has 0 saturated carbocycles. The quantitative estimate of drug-likeness (QED) is 0.448. The van der Waals surface area contributed by atoms with E-state index in [1.54, 1.807) is 54.6 Å². The van der Waals surface area contributed by atoms with Gasteiger partial charge in [0.15, 0.2) is 11.5 Å². The molecule has 0 bridgehead atoms. The highest BCUT2D eigenvalue weighted by Crippen LogP contribution is 2.31. The molecule has 2 aromatic carbocycles. The summed E-state index contributed by atoms with van der Waals surface area (Å²) in [5.74, 6) is 0.948. The van der Waals surface area contributed by atoms with Crippen LogP contribution in [-0.2, 0) is 11.3 Å². The van der Waals surface area contributed by atoms with Crippen molar-refractivity contribution in [3.63, 3.8) is 0 Å². The van der Waals surface area contributed by atoms with Crippen molar-refractivity contribution >= 4 is 11.6 Å². The average molecular weight is 457 g/mol. The number of amides is 1. The van der Waals surface area contributed by atoms with Crippen LogP contribution < -0.4 is 20.3 Å². The number of hydrogen-bond acceptors (Lipinski definition) is 8. The van der Waals surface area contributed by atoms with Crippen LogP contribution in [0.5, 0.6) is 11.5 Å². The fourth-order valence-corrected chi connectivity index (χ4v) is 3.23. The number of pyridine rings is 1. The van der Waals surface area contributed by atoms with Crippen molar-refractivity contribution < 1.29 is 18.8 Å². The van der Waals surface area contributed by atoms with Gasteiger partial charge in [-0.3, -0.25) is 9.59 Å². The number of benzene rings is 2. The summed E-state index contributed by atoms with van der Waals surface area (Å²) in [7, 11) is 3.06. The zero-order chi connectivity index (χ0) is 24.1. The molecule has 0 fully saturated rings. The first-order chi connectivity index (χ1) is 16.5. The Morgan fingerprint density at radius 3 is 2.59 bits per heavy atom. The standard InChI is InChI=1S/C24H19N5O5/c1-32-19-10-7-16(12-20(19)33-2)22-27-23(34-28-22)18-4-3-11-29(24(18)31)14-21(30)26-17-8-5-15(13-25)6-9-17/h3-12H,14H2,1-2H3,(H,26,30). The Morgan fingerprint density at radius 1 is 1.12 bits per heavy atom. The molecule has 0 spiro atoms. The molecule has 0 radical (unpaired) electrons. The van der Waals surface area contributed by atoms with Crippen LogP contribution in [0.25, 0.3) is 22.8 Å². The number of anilines is 1. The Morgan fingerprint density at radius 2 is 1.88 bits per heavy atom. The number of nitrogens with one attached hydrogen (secondary N) is 1. The van der Waals surface area contributed by atoms with Crippen LogP contribution in [-0.4, -0.2) is 34.8 Å². The predicted octanol–water partition coefficient (Wildman–Crippen LogP) is 3.09. The second-order valence-electron chi connectivity index (χ2n) is 7.09. The highest BCUT2D eigenvalue weighted by molar-refractivity contribution is 5.90. The van der Waals surface area contributed by atoms with Crippen LogP contribution in [0.4, 0.5) is 5.69 Å². The largest absolute Gasteiger partial charge is 0.493 e. The lowest BCUT2D eigenvalue weighted by molar-refractivity contribution is -0.116. The maximum Gasteiger partial charge on any atom is 0.263 e. The minimum absolute atomic E-state index is 0.0247. The van der Waals surface area contributed by atoms with E-state index >= 15 is 0 Å². The maximum atomic E-state index is 13.0. The summed E-state index contributed by atoms with van der Waals surface area (Å²) in [5.41, 5.74) is 1.32. The smallest absolute Gasteiger partial charge is 0.263 e.